The van der Waals surface area contributed by atoms with Gasteiger partial charge in [-0.15, -0.1) is 0 Å². The van der Waals surface area contributed by atoms with Crippen LogP contribution in [0.2, 0.25) is 0 Å². The highest BCUT2D eigenvalue weighted by molar-refractivity contribution is 5.95. The number of halogens is 3. The summed E-state index contributed by atoms with van der Waals surface area (Å²) < 4.78 is 56.0. The Balaban J connectivity index is 2.02. The van der Waals surface area contributed by atoms with Crippen LogP contribution in [0.15, 0.2) is 53.7 Å². The van der Waals surface area contributed by atoms with Crippen molar-refractivity contribution in [2.45, 2.75) is 19.1 Å². The number of amides is 2. The molecule has 3 rings (SSSR count). The van der Waals surface area contributed by atoms with Crippen molar-refractivity contribution in [3.8, 4) is 11.5 Å². The number of nitro groups is 1. The molecule has 13 heteroatoms. The van der Waals surface area contributed by atoms with Crippen molar-refractivity contribution < 1.29 is 41.9 Å². The van der Waals surface area contributed by atoms with Gasteiger partial charge in [0.1, 0.15) is 23.7 Å². The zero-order valence-electron chi connectivity index (χ0n) is 18.5. The van der Waals surface area contributed by atoms with E-state index in [0.29, 0.717) is 17.4 Å². The van der Waals surface area contributed by atoms with E-state index in [2.05, 4.69) is 10.6 Å². The molecule has 2 aromatic rings. The van der Waals surface area contributed by atoms with Gasteiger partial charge < -0.3 is 24.8 Å². The lowest BCUT2D eigenvalue weighted by molar-refractivity contribution is -0.385. The summed E-state index contributed by atoms with van der Waals surface area (Å²) in [5.41, 5.74) is -1.87. The molecule has 0 fully saturated rings. The molecule has 1 unspecified atom stereocenters. The maximum atomic E-state index is 13.5. The van der Waals surface area contributed by atoms with E-state index in [-0.39, 0.29) is 17.9 Å². The predicted molar refractivity (Wildman–Crippen MR) is 115 cm³/mol. The van der Waals surface area contributed by atoms with E-state index < -0.39 is 52.7 Å². The summed E-state index contributed by atoms with van der Waals surface area (Å²) in [7, 11) is 1.47. The standard InChI is InChI=1S/C22H20F3N3O7/c1-3-34-20(29)18-16(26-21(30)27-19(18)12-4-7-14(33-2)8-5-12)11-35-17-9-6-13(28(31)32)10-15(17)22(23,24)25/h4-10,19H,3,11H2,1-2H3,(H2,26,27,30). The van der Waals surface area contributed by atoms with Crippen LogP contribution in [0, 0.1) is 10.1 Å². The summed E-state index contributed by atoms with van der Waals surface area (Å²) in [5.74, 6) is -1.01. The van der Waals surface area contributed by atoms with Crippen molar-refractivity contribution in [3.63, 3.8) is 0 Å². The number of nitrogens with zero attached hydrogens (tertiary/aromatic N) is 1. The second-order valence-corrected chi connectivity index (χ2v) is 7.14. The monoisotopic (exact) mass is 495 g/mol. The highest BCUT2D eigenvalue weighted by Crippen LogP contribution is 2.39. The van der Waals surface area contributed by atoms with Crippen molar-refractivity contribution in [1.82, 2.24) is 10.6 Å². The lowest BCUT2D eigenvalue weighted by Crippen LogP contribution is -2.47. The molecule has 35 heavy (non-hydrogen) atoms. The Hall–Kier alpha value is -4.29. The number of carbonyl (C=O) groups excluding carboxylic acids is 2. The van der Waals surface area contributed by atoms with E-state index in [9.17, 15) is 32.9 Å². The van der Waals surface area contributed by atoms with Gasteiger partial charge in [0.2, 0.25) is 0 Å². The lowest BCUT2D eigenvalue weighted by Gasteiger charge is -2.29. The molecule has 0 radical (unpaired) electrons. The first-order chi connectivity index (χ1) is 16.5. The second kappa shape index (κ2) is 10.3. The molecule has 0 spiro atoms. The molecule has 1 aliphatic rings. The van der Waals surface area contributed by atoms with Crippen LogP contribution in [0.4, 0.5) is 23.7 Å². The number of alkyl halides is 3. The molecule has 1 aliphatic heterocycles. The minimum atomic E-state index is -4.96. The van der Waals surface area contributed by atoms with Crippen molar-refractivity contribution >= 4 is 17.7 Å². The number of carbonyl (C=O) groups is 2. The first-order valence-corrected chi connectivity index (χ1v) is 10.1. The Morgan fingerprint density at radius 3 is 2.43 bits per heavy atom. The molecule has 2 amide bonds. The van der Waals surface area contributed by atoms with Gasteiger partial charge in [-0.2, -0.15) is 13.2 Å². The Bertz CT molecular complexity index is 1160. The topological polar surface area (TPSA) is 129 Å². The van der Waals surface area contributed by atoms with Crippen LogP contribution in [0.3, 0.4) is 0 Å². The van der Waals surface area contributed by atoms with Crippen LogP contribution in [-0.4, -0.2) is 37.2 Å². The Kier molecular flexibility index (Phi) is 7.47. The van der Waals surface area contributed by atoms with Gasteiger partial charge in [0.05, 0.1) is 36.0 Å². The fourth-order valence-corrected chi connectivity index (χ4v) is 3.36. The highest BCUT2D eigenvalue weighted by Gasteiger charge is 2.37. The summed E-state index contributed by atoms with van der Waals surface area (Å²) in [4.78, 5) is 35.0. The minimum Gasteiger partial charge on any atom is -0.497 e. The maximum Gasteiger partial charge on any atom is 0.420 e. The fourth-order valence-electron chi connectivity index (χ4n) is 3.36. The molecule has 0 aromatic heterocycles. The normalized spacial score (nSPS) is 15.7. The SMILES string of the molecule is CCOC(=O)C1=C(COc2ccc([N+](=O)[O-])cc2C(F)(F)F)NC(=O)NC1c1ccc(OC)cc1. The second-order valence-electron chi connectivity index (χ2n) is 7.14. The highest BCUT2D eigenvalue weighted by atomic mass is 19.4. The third-order valence-electron chi connectivity index (χ3n) is 4.95. The average molecular weight is 495 g/mol. The van der Waals surface area contributed by atoms with E-state index in [0.717, 1.165) is 12.1 Å². The van der Waals surface area contributed by atoms with Crippen molar-refractivity contribution in [2.75, 3.05) is 20.3 Å². The molecule has 0 aliphatic carbocycles. The summed E-state index contributed by atoms with van der Waals surface area (Å²) >= 11 is 0. The molecule has 2 N–H and O–H groups in total. The summed E-state index contributed by atoms with van der Waals surface area (Å²) in [5, 5.41) is 15.9. The van der Waals surface area contributed by atoms with Crippen LogP contribution in [0.5, 0.6) is 11.5 Å². The Labute approximate surface area is 196 Å². The van der Waals surface area contributed by atoms with Gasteiger partial charge in [-0.1, -0.05) is 12.1 Å². The van der Waals surface area contributed by atoms with Gasteiger partial charge in [0.25, 0.3) is 5.69 Å². The average Bonchev–Trinajstić information content (AvgIpc) is 2.81. The number of rotatable bonds is 8. The lowest BCUT2D eigenvalue weighted by atomic mass is 9.95. The number of urea groups is 1. The molecule has 1 heterocycles. The molecule has 10 nitrogen and oxygen atoms in total. The summed E-state index contributed by atoms with van der Waals surface area (Å²) in [6.45, 7) is 0.910. The van der Waals surface area contributed by atoms with Gasteiger partial charge in [-0.3, -0.25) is 10.1 Å². The summed E-state index contributed by atoms with van der Waals surface area (Å²) in [6, 6.07) is 6.70. The third kappa shape index (κ3) is 5.80. The number of esters is 1. The molecule has 2 aromatic carbocycles. The van der Waals surface area contributed by atoms with Crippen LogP contribution in [0.25, 0.3) is 0 Å². The van der Waals surface area contributed by atoms with Crippen molar-refractivity contribution in [3.05, 3.63) is 75.0 Å². The van der Waals surface area contributed by atoms with Gasteiger partial charge in [-0.05, 0) is 30.7 Å². The summed E-state index contributed by atoms with van der Waals surface area (Å²) in [6.07, 6.45) is -4.96. The first kappa shape index (κ1) is 25.3. The maximum absolute atomic E-state index is 13.5. The van der Waals surface area contributed by atoms with Gasteiger partial charge in [0, 0.05) is 12.1 Å². The zero-order valence-corrected chi connectivity index (χ0v) is 18.5. The molecule has 1 atom stereocenters. The van der Waals surface area contributed by atoms with E-state index in [1.54, 1.807) is 31.2 Å². The predicted octanol–water partition coefficient (Wildman–Crippen LogP) is 3.87. The van der Waals surface area contributed by atoms with Crippen molar-refractivity contribution in [2.24, 2.45) is 0 Å². The number of ether oxygens (including phenoxy) is 3. The van der Waals surface area contributed by atoms with Crippen LogP contribution < -0.4 is 20.1 Å². The van der Waals surface area contributed by atoms with Crippen molar-refractivity contribution in [1.29, 1.82) is 0 Å². The number of hydrogen-bond donors (Lipinski definition) is 2. The number of nitrogens with one attached hydrogen (secondary N) is 2. The largest absolute Gasteiger partial charge is 0.497 e. The number of non-ortho nitro benzene ring substituents is 1. The van der Waals surface area contributed by atoms with Gasteiger partial charge in [-0.25, -0.2) is 9.59 Å². The van der Waals surface area contributed by atoms with E-state index >= 15 is 0 Å². The molecule has 0 saturated heterocycles. The Morgan fingerprint density at radius 1 is 1.17 bits per heavy atom. The molecular weight excluding hydrogens is 475 g/mol. The van der Waals surface area contributed by atoms with E-state index in [4.69, 9.17) is 14.2 Å². The number of benzene rings is 2. The Morgan fingerprint density at radius 2 is 1.86 bits per heavy atom. The van der Waals surface area contributed by atoms with E-state index in [1.807, 2.05) is 0 Å². The molecular formula is C22H20F3N3O7. The fraction of sp³-hybridized carbons (Fsp3) is 0.273. The first-order valence-electron chi connectivity index (χ1n) is 10.1. The van der Waals surface area contributed by atoms with Crippen LogP contribution in [-0.2, 0) is 15.7 Å². The van der Waals surface area contributed by atoms with Crippen LogP contribution in [0.1, 0.15) is 24.1 Å². The number of methoxy groups -OCH3 is 1. The van der Waals surface area contributed by atoms with Gasteiger partial charge in [0.15, 0.2) is 0 Å². The van der Waals surface area contributed by atoms with E-state index in [1.165, 1.54) is 7.11 Å². The molecule has 0 bridgehead atoms. The smallest absolute Gasteiger partial charge is 0.420 e. The number of nitro benzene ring substituents is 1. The third-order valence-corrected chi connectivity index (χ3v) is 4.95. The van der Waals surface area contributed by atoms with Crippen LogP contribution >= 0.6 is 0 Å². The quantitative estimate of drug-likeness (QED) is 0.323. The molecule has 186 valence electrons. The minimum absolute atomic E-state index is 0.000321. The number of hydrogen-bond acceptors (Lipinski definition) is 7. The molecule has 0 saturated carbocycles. The zero-order chi connectivity index (χ0) is 25.8. The van der Waals surface area contributed by atoms with Gasteiger partial charge >= 0.3 is 18.2 Å².